The number of anilines is 1. The molecule has 3 nitrogen and oxygen atoms in total. The number of nitrogens with zero attached hydrogens (tertiary/aromatic N) is 2. The van der Waals surface area contributed by atoms with Gasteiger partial charge >= 0.3 is 0 Å². The van der Waals surface area contributed by atoms with Crippen LogP contribution < -0.4 is 5.32 Å². The lowest BCUT2D eigenvalue weighted by Crippen LogP contribution is -2.40. The van der Waals surface area contributed by atoms with Gasteiger partial charge in [0.25, 0.3) is 0 Å². The van der Waals surface area contributed by atoms with Crippen molar-refractivity contribution in [3.05, 3.63) is 34.7 Å². The first-order valence-corrected chi connectivity index (χ1v) is 8.57. The van der Waals surface area contributed by atoms with E-state index in [-0.39, 0.29) is 0 Å². The first-order chi connectivity index (χ1) is 10.2. The van der Waals surface area contributed by atoms with Gasteiger partial charge in [0.05, 0.1) is 10.7 Å². The summed E-state index contributed by atoms with van der Waals surface area (Å²) < 4.78 is 0. The number of piperidine rings is 1. The average Bonchev–Trinajstić information content (AvgIpc) is 2.93. The monoisotopic (exact) mass is 301 g/mol. The molecule has 1 aromatic carbocycles. The molecule has 1 saturated heterocycles. The lowest BCUT2D eigenvalue weighted by molar-refractivity contribution is 0.194. The summed E-state index contributed by atoms with van der Waals surface area (Å²) in [5.74, 6) is 0. The molecule has 0 aliphatic carbocycles. The Balaban J connectivity index is 1.66. The highest BCUT2D eigenvalue weighted by atomic mass is 32.1. The molecule has 1 aliphatic heterocycles. The van der Waals surface area contributed by atoms with E-state index in [9.17, 15) is 0 Å². The van der Waals surface area contributed by atoms with Crippen molar-refractivity contribution in [3.63, 3.8) is 0 Å². The quantitative estimate of drug-likeness (QED) is 0.924. The van der Waals surface area contributed by atoms with E-state index >= 15 is 0 Å². The van der Waals surface area contributed by atoms with Crippen molar-refractivity contribution in [2.75, 3.05) is 25.5 Å². The fraction of sp³-hybridized carbons (Fsp3) is 0.471. The molecule has 2 aromatic rings. The molecule has 3 rings (SSSR count). The van der Waals surface area contributed by atoms with Crippen LogP contribution in [0.3, 0.4) is 0 Å². The minimum atomic E-state index is 0.656. The summed E-state index contributed by atoms with van der Waals surface area (Å²) in [6.07, 6.45) is 4.00. The van der Waals surface area contributed by atoms with Gasteiger partial charge in [-0.3, -0.25) is 0 Å². The van der Waals surface area contributed by atoms with Crippen molar-refractivity contribution in [3.8, 4) is 11.3 Å². The highest BCUT2D eigenvalue weighted by Crippen LogP contribution is 2.24. The van der Waals surface area contributed by atoms with Gasteiger partial charge in [0, 0.05) is 29.2 Å². The summed E-state index contributed by atoms with van der Waals surface area (Å²) in [4.78, 5) is 7.04. The lowest BCUT2D eigenvalue weighted by atomic mass is 10.0. The summed E-state index contributed by atoms with van der Waals surface area (Å²) >= 11 is 1.70. The third-order valence-electron chi connectivity index (χ3n) is 4.24. The molecule has 21 heavy (non-hydrogen) atoms. The fourth-order valence-corrected chi connectivity index (χ4v) is 3.54. The van der Waals surface area contributed by atoms with Crippen molar-refractivity contribution < 1.29 is 0 Å². The van der Waals surface area contributed by atoms with E-state index in [1.165, 1.54) is 37.1 Å². The Hall–Kier alpha value is -1.39. The van der Waals surface area contributed by atoms with E-state index in [1.807, 2.05) is 0 Å². The molecule has 1 N–H and O–H groups in total. The second-order valence-corrected chi connectivity index (χ2v) is 6.91. The van der Waals surface area contributed by atoms with Crippen LogP contribution in [0.5, 0.6) is 0 Å². The molecule has 1 unspecified atom stereocenters. The molecule has 1 fully saturated rings. The lowest BCUT2D eigenvalue weighted by Gasteiger charge is -2.32. The Morgan fingerprint density at radius 3 is 3.05 bits per heavy atom. The molecule has 1 aliphatic rings. The number of likely N-dealkylation sites (N-methyl/N-ethyl adjacent to an activating group) is 1. The first kappa shape index (κ1) is 14.5. The molecule has 4 heteroatoms. The second kappa shape index (κ2) is 6.58. The molecular weight excluding hydrogens is 278 g/mol. The van der Waals surface area contributed by atoms with Gasteiger partial charge in [-0.05, 0) is 45.5 Å². The molecule has 0 bridgehead atoms. The molecule has 1 atom stereocenters. The maximum Gasteiger partial charge on any atom is 0.0901 e. The van der Waals surface area contributed by atoms with E-state index < -0.39 is 0 Å². The zero-order valence-corrected chi connectivity index (χ0v) is 13.6. The van der Waals surface area contributed by atoms with Crippen molar-refractivity contribution in [2.45, 2.75) is 32.2 Å². The number of hydrogen-bond donors (Lipinski definition) is 1. The number of benzene rings is 1. The number of thiazole rings is 1. The SMILES string of the molecule is Cc1nc(-c2cccc(NCC3CCCCN3C)c2)cs1. The first-order valence-electron chi connectivity index (χ1n) is 7.69. The summed E-state index contributed by atoms with van der Waals surface area (Å²) in [6, 6.07) is 9.25. The molecule has 0 amide bonds. The van der Waals surface area contributed by atoms with E-state index in [4.69, 9.17) is 0 Å². The highest BCUT2D eigenvalue weighted by Gasteiger charge is 2.18. The van der Waals surface area contributed by atoms with Crippen LogP contribution in [0.4, 0.5) is 5.69 Å². The number of nitrogens with one attached hydrogen (secondary N) is 1. The second-order valence-electron chi connectivity index (χ2n) is 5.84. The Morgan fingerprint density at radius 2 is 2.29 bits per heavy atom. The minimum Gasteiger partial charge on any atom is -0.383 e. The highest BCUT2D eigenvalue weighted by molar-refractivity contribution is 7.09. The standard InChI is InChI=1S/C17H23N3S/c1-13-19-17(12-21-13)14-6-5-7-15(10-14)18-11-16-8-3-4-9-20(16)2/h5-7,10,12,16,18H,3-4,8-9,11H2,1-2H3. The van der Waals surface area contributed by atoms with Crippen molar-refractivity contribution in [1.82, 2.24) is 9.88 Å². The minimum absolute atomic E-state index is 0.656. The van der Waals surface area contributed by atoms with Gasteiger partial charge < -0.3 is 10.2 Å². The fourth-order valence-electron chi connectivity index (χ4n) is 2.92. The van der Waals surface area contributed by atoms with Crippen LogP contribution in [-0.4, -0.2) is 36.1 Å². The van der Waals surface area contributed by atoms with Crippen LogP contribution in [0.25, 0.3) is 11.3 Å². The van der Waals surface area contributed by atoms with Gasteiger partial charge in [-0.15, -0.1) is 11.3 Å². The third kappa shape index (κ3) is 3.63. The summed E-state index contributed by atoms with van der Waals surface area (Å²) in [6.45, 7) is 4.30. The smallest absolute Gasteiger partial charge is 0.0901 e. The van der Waals surface area contributed by atoms with Crippen LogP contribution >= 0.6 is 11.3 Å². The number of rotatable bonds is 4. The number of likely N-dealkylation sites (tertiary alicyclic amines) is 1. The normalized spacial score (nSPS) is 19.6. The van der Waals surface area contributed by atoms with Crippen molar-refractivity contribution in [1.29, 1.82) is 0 Å². The van der Waals surface area contributed by atoms with Gasteiger partial charge in [0.15, 0.2) is 0 Å². The Kier molecular flexibility index (Phi) is 4.56. The van der Waals surface area contributed by atoms with E-state index in [1.54, 1.807) is 11.3 Å². The molecular formula is C17H23N3S. The average molecular weight is 301 g/mol. The predicted molar refractivity (Wildman–Crippen MR) is 91.0 cm³/mol. The molecule has 1 aromatic heterocycles. The summed E-state index contributed by atoms with van der Waals surface area (Å²) in [5.41, 5.74) is 3.47. The topological polar surface area (TPSA) is 28.2 Å². The van der Waals surface area contributed by atoms with Gasteiger partial charge in [-0.1, -0.05) is 18.6 Å². The largest absolute Gasteiger partial charge is 0.383 e. The zero-order valence-electron chi connectivity index (χ0n) is 12.8. The molecule has 2 heterocycles. The maximum atomic E-state index is 4.57. The molecule has 112 valence electrons. The van der Waals surface area contributed by atoms with E-state index in [2.05, 4.69) is 58.8 Å². The number of aryl methyl sites for hydroxylation is 1. The van der Waals surface area contributed by atoms with E-state index in [0.717, 1.165) is 17.2 Å². The Morgan fingerprint density at radius 1 is 1.38 bits per heavy atom. The van der Waals surface area contributed by atoms with E-state index in [0.29, 0.717) is 6.04 Å². The maximum absolute atomic E-state index is 4.57. The van der Waals surface area contributed by atoms with Crippen LogP contribution in [0, 0.1) is 6.92 Å². The predicted octanol–water partition coefficient (Wildman–Crippen LogP) is 4.01. The van der Waals surface area contributed by atoms with Gasteiger partial charge in [0.2, 0.25) is 0 Å². The van der Waals surface area contributed by atoms with Gasteiger partial charge in [-0.25, -0.2) is 4.98 Å². The van der Waals surface area contributed by atoms with Crippen molar-refractivity contribution in [2.24, 2.45) is 0 Å². The third-order valence-corrected chi connectivity index (χ3v) is 5.01. The van der Waals surface area contributed by atoms with Crippen LogP contribution in [0.15, 0.2) is 29.6 Å². The van der Waals surface area contributed by atoms with Crippen LogP contribution in [0.2, 0.25) is 0 Å². The number of hydrogen-bond acceptors (Lipinski definition) is 4. The Bertz CT molecular complexity index is 593. The molecule has 0 spiro atoms. The van der Waals surface area contributed by atoms with Gasteiger partial charge in [-0.2, -0.15) is 0 Å². The molecule has 0 radical (unpaired) electrons. The molecule has 0 saturated carbocycles. The number of aromatic nitrogens is 1. The Labute approximate surface area is 131 Å². The zero-order chi connectivity index (χ0) is 14.7. The van der Waals surface area contributed by atoms with Crippen LogP contribution in [-0.2, 0) is 0 Å². The summed E-state index contributed by atoms with van der Waals surface area (Å²) in [5, 5.41) is 6.84. The van der Waals surface area contributed by atoms with Crippen molar-refractivity contribution >= 4 is 17.0 Å². The van der Waals surface area contributed by atoms with Crippen LogP contribution in [0.1, 0.15) is 24.3 Å². The summed E-state index contributed by atoms with van der Waals surface area (Å²) in [7, 11) is 2.24. The van der Waals surface area contributed by atoms with Gasteiger partial charge in [0.1, 0.15) is 0 Å².